The molecule has 2 unspecified atom stereocenters. The first-order valence-corrected chi connectivity index (χ1v) is 9.16. The van der Waals surface area contributed by atoms with Crippen LogP contribution in [0.1, 0.15) is 32.3 Å². The number of carbonyl (C=O) groups excluding carboxylic acids is 3. The molecule has 2 rings (SSSR count). The van der Waals surface area contributed by atoms with E-state index in [0.29, 0.717) is 16.6 Å². The fourth-order valence-corrected chi connectivity index (χ4v) is 3.21. The minimum Gasteiger partial charge on any atom is -0.353 e. The van der Waals surface area contributed by atoms with Gasteiger partial charge >= 0.3 is 0 Å². The molecule has 1 aliphatic heterocycles. The molecule has 5 nitrogen and oxygen atoms in total. The normalized spacial score (nSPS) is 18.6. The Kier molecular flexibility index (Phi) is 6.85. The molecule has 0 saturated carbocycles. The van der Waals surface area contributed by atoms with Gasteiger partial charge in [0.15, 0.2) is 0 Å². The second-order valence-corrected chi connectivity index (χ2v) is 7.13. The molecule has 1 aromatic rings. The summed E-state index contributed by atoms with van der Waals surface area (Å²) in [4.78, 5) is 37.2. The molecular weight excluding hydrogens is 363 g/mol. The number of amides is 2. The van der Waals surface area contributed by atoms with Crippen LogP contribution in [-0.2, 0) is 20.8 Å². The third-order valence-electron chi connectivity index (χ3n) is 4.39. The van der Waals surface area contributed by atoms with Gasteiger partial charge in [-0.15, -0.1) is 0 Å². The number of nitrogens with zero attached hydrogens (tertiary/aromatic N) is 1. The highest BCUT2D eigenvalue weighted by atomic mass is 35.5. The molecule has 0 aliphatic carbocycles. The molecule has 0 spiro atoms. The van der Waals surface area contributed by atoms with Crippen LogP contribution in [0.3, 0.4) is 0 Å². The minimum atomic E-state index is -0.884. The van der Waals surface area contributed by atoms with Crippen molar-refractivity contribution in [3.63, 3.8) is 0 Å². The van der Waals surface area contributed by atoms with E-state index in [4.69, 9.17) is 23.2 Å². The number of Topliss-reactive ketones (excluding diaryl/α,β-unsaturated/α-hetero) is 1. The monoisotopic (exact) mass is 384 g/mol. The lowest BCUT2D eigenvalue weighted by molar-refractivity contribution is -0.142. The van der Waals surface area contributed by atoms with Crippen LogP contribution in [0, 0.1) is 5.92 Å². The highest BCUT2D eigenvalue weighted by molar-refractivity contribution is 6.42. The van der Waals surface area contributed by atoms with Crippen LogP contribution < -0.4 is 5.32 Å². The molecule has 2 atom stereocenters. The Hall–Kier alpha value is -1.59. The number of rotatable bonds is 7. The molecule has 1 fully saturated rings. The average Bonchev–Trinajstić information content (AvgIpc) is 2.86. The van der Waals surface area contributed by atoms with Crippen LogP contribution in [0.2, 0.25) is 10.0 Å². The van der Waals surface area contributed by atoms with Crippen molar-refractivity contribution in [2.75, 3.05) is 13.1 Å². The van der Waals surface area contributed by atoms with E-state index in [1.54, 1.807) is 13.0 Å². The number of hydrogen-bond acceptors (Lipinski definition) is 3. The summed E-state index contributed by atoms with van der Waals surface area (Å²) in [6, 6.07) is 5.47. The van der Waals surface area contributed by atoms with Gasteiger partial charge in [-0.3, -0.25) is 14.4 Å². The fraction of sp³-hybridized carbons (Fsp3) is 0.500. The zero-order chi connectivity index (χ0) is 18.6. The lowest BCUT2D eigenvalue weighted by Gasteiger charge is -2.17. The van der Waals surface area contributed by atoms with Gasteiger partial charge in [-0.05, 0) is 50.8 Å². The molecule has 1 aliphatic rings. The van der Waals surface area contributed by atoms with Crippen molar-refractivity contribution in [1.29, 1.82) is 0 Å². The summed E-state index contributed by atoms with van der Waals surface area (Å²) in [6.45, 7) is 4.30. The van der Waals surface area contributed by atoms with Crippen LogP contribution in [0.5, 0.6) is 0 Å². The number of likely N-dealkylation sites (tertiary alicyclic amines) is 1. The van der Waals surface area contributed by atoms with E-state index in [1.165, 1.54) is 4.90 Å². The topological polar surface area (TPSA) is 66.5 Å². The summed E-state index contributed by atoms with van der Waals surface area (Å²) in [7, 11) is 0. The maximum Gasteiger partial charge on any atom is 0.290 e. The number of nitrogens with one attached hydrogen (secondary N) is 1. The molecular formula is C18H22Cl2N2O3. The first-order chi connectivity index (χ1) is 11.8. The van der Waals surface area contributed by atoms with E-state index >= 15 is 0 Å². The maximum absolute atomic E-state index is 12.2. The van der Waals surface area contributed by atoms with E-state index in [2.05, 4.69) is 5.32 Å². The van der Waals surface area contributed by atoms with Crippen molar-refractivity contribution in [2.24, 2.45) is 5.92 Å². The van der Waals surface area contributed by atoms with Gasteiger partial charge in [0.05, 0.1) is 10.0 Å². The fourth-order valence-electron chi connectivity index (χ4n) is 2.89. The molecule has 1 N–H and O–H groups in total. The molecule has 1 saturated heterocycles. The second-order valence-electron chi connectivity index (χ2n) is 6.31. The number of likely N-dealkylation sites (N-methyl/N-ethyl adjacent to an activating group) is 1. The molecule has 0 radical (unpaired) electrons. The molecule has 7 heteroatoms. The Labute approximate surface area is 157 Å². The maximum atomic E-state index is 12.2. The number of carbonyl (C=O) groups is 3. The Morgan fingerprint density at radius 3 is 2.64 bits per heavy atom. The molecule has 0 aromatic heterocycles. The number of benzene rings is 1. The van der Waals surface area contributed by atoms with Crippen LogP contribution in [-0.4, -0.2) is 41.6 Å². The Morgan fingerprint density at radius 2 is 2.04 bits per heavy atom. The summed E-state index contributed by atoms with van der Waals surface area (Å²) >= 11 is 11.9. The lowest BCUT2D eigenvalue weighted by Crippen LogP contribution is -2.40. The third-order valence-corrected chi connectivity index (χ3v) is 5.13. The first kappa shape index (κ1) is 19.7. The van der Waals surface area contributed by atoms with Crippen molar-refractivity contribution in [1.82, 2.24) is 10.2 Å². The van der Waals surface area contributed by atoms with Crippen molar-refractivity contribution < 1.29 is 14.4 Å². The quantitative estimate of drug-likeness (QED) is 0.580. The van der Waals surface area contributed by atoms with Gasteiger partial charge in [-0.25, -0.2) is 0 Å². The average molecular weight is 385 g/mol. The van der Waals surface area contributed by atoms with Gasteiger partial charge in [0.2, 0.25) is 11.7 Å². The van der Waals surface area contributed by atoms with Crippen molar-refractivity contribution in [3.8, 4) is 0 Å². The molecule has 136 valence electrons. The van der Waals surface area contributed by atoms with Crippen molar-refractivity contribution in [2.45, 2.75) is 39.2 Å². The third kappa shape index (κ3) is 4.95. The zero-order valence-corrected chi connectivity index (χ0v) is 15.9. The summed E-state index contributed by atoms with van der Waals surface area (Å²) in [5, 5.41) is 3.90. The van der Waals surface area contributed by atoms with Gasteiger partial charge in [-0.1, -0.05) is 29.3 Å². The zero-order valence-electron chi connectivity index (χ0n) is 14.4. The summed E-state index contributed by atoms with van der Waals surface area (Å²) < 4.78 is 0. The van der Waals surface area contributed by atoms with Gasteiger partial charge in [-0.2, -0.15) is 0 Å². The van der Waals surface area contributed by atoms with Gasteiger partial charge in [0.1, 0.15) is 5.92 Å². The molecule has 0 bridgehead atoms. The molecule has 25 heavy (non-hydrogen) atoms. The van der Waals surface area contributed by atoms with E-state index in [9.17, 15) is 14.4 Å². The van der Waals surface area contributed by atoms with Crippen LogP contribution in [0.15, 0.2) is 18.2 Å². The first-order valence-electron chi connectivity index (χ1n) is 8.40. The second kappa shape index (κ2) is 8.68. The summed E-state index contributed by atoms with van der Waals surface area (Å²) in [6.07, 6.45) is 2.44. The number of halogens is 2. The predicted octanol–water partition coefficient (Wildman–Crippen LogP) is 2.87. The number of aryl methyl sites for hydroxylation is 1. The van der Waals surface area contributed by atoms with Gasteiger partial charge in [0.25, 0.3) is 5.91 Å². The predicted molar refractivity (Wildman–Crippen MR) is 97.8 cm³/mol. The molecule has 1 heterocycles. The number of hydrogen-bond donors (Lipinski definition) is 1. The number of ketones is 1. The van der Waals surface area contributed by atoms with E-state index in [1.807, 2.05) is 19.1 Å². The van der Waals surface area contributed by atoms with Crippen molar-refractivity contribution in [3.05, 3.63) is 33.8 Å². The Bertz CT molecular complexity index is 678. The van der Waals surface area contributed by atoms with Crippen molar-refractivity contribution >= 4 is 40.8 Å². The smallest absolute Gasteiger partial charge is 0.290 e. The highest BCUT2D eigenvalue weighted by Gasteiger charge is 2.42. The van der Waals surface area contributed by atoms with E-state index in [-0.39, 0.29) is 18.5 Å². The Balaban J connectivity index is 1.79. The van der Waals surface area contributed by atoms with Gasteiger partial charge in [0, 0.05) is 19.1 Å². The summed E-state index contributed by atoms with van der Waals surface area (Å²) in [5.74, 6) is -2.42. The standard InChI is InChI=1S/C18H22Cl2N2O3/c1-3-22-10-13(16(23)18(22)25)17(24)21-11(2)5-4-6-12-7-8-14(19)15(20)9-12/h7-9,11,13H,3-6,10H2,1-2H3,(H,21,24). The minimum absolute atomic E-state index is 0.0751. The highest BCUT2D eigenvalue weighted by Crippen LogP contribution is 2.23. The lowest BCUT2D eigenvalue weighted by atomic mass is 10.0. The molecule has 2 amide bonds. The SMILES string of the molecule is CCN1CC(C(=O)NC(C)CCCc2ccc(Cl)c(Cl)c2)C(=O)C1=O. The Morgan fingerprint density at radius 1 is 1.32 bits per heavy atom. The van der Waals surface area contributed by atoms with E-state index in [0.717, 1.165) is 24.8 Å². The molecule has 1 aromatic carbocycles. The van der Waals surface area contributed by atoms with E-state index < -0.39 is 17.6 Å². The van der Waals surface area contributed by atoms with Crippen LogP contribution in [0.25, 0.3) is 0 Å². The van der Waals surface area contributed by atoms with Crippen LogP contribution >= 0.6 is 23.2 Å². The summed E-state index contributed by atoms with van der Waals surface area (Å²) in [5.41, 5.74) is 1.09. The van der Waals surface area contributed by atoms with Gasteiger partial charge < -0.3 is 10.2 Å². The largest absolute Gasteiger partial charge is 0.353 e. The van der Waals surface area contributed by atoms with Crippen LogP contribution in [0.4, 0.5) is 0 Å².